The highest BCUT2D eigenvalue weighted by Gasteiger charge is 2.21. The molecule has 0 saturated carbocycles. The SMILES string of the molecule is CC.CCC(NC(=O)OC(C)(C)C)c1nc2ccc(OC)cc2s1. The first-order chi connectivity index (χ1) is 11.3. The van der Waals surface area contributed by atoms with Crippen molar-refractivity contribution in [2.45, 2.75) is 59.6 Å². The van der Waals surface area contributed by atoms with Crippen LogP contribution in [0.15, 0.2) is 18.2 Å². The summed E-state index contributed by atoms with van der Waals surface area (Å²) in [4.78, 5) is 16.5. The third kappa shape index (κ3) is 5.67. The van der Waals surface area contributed by atoms with E-state index in [0.29, 0.717) is 0 Å². The molecule has 0 aliphatic carbocycles. The number of rotatable bonds is 4. The normalized spacial score (nSPS) is 12.1. The van der Waals surface area contributed by atoms with E-state index in [1.807, 2.05) is 59.7 Å². The van der Waals surface area contributed by atoms with Crippen molar-refractivity contribution in [2.24, 2.45) is 0 Å². The Bertz CT molecular complexity index is 662. The van der Waals surface area contributed by atoms with Crippen LogP contribution in [0, 0.1) is 0 Å². The van der Waals surface area contributed by atoms with E-state index in [4.69, 9.17) is 9.47 Å². The van der Waals surface area contributed by atoms with Crippen LogP contribution in [0.1, 0.15) is 59.0 Å². The van der Waals surface area contributed by atoms with Crippen LogP contribution in [-0.2, 0) is 4.74 Å². The second kappa shape index (κ2) is 8.87. The molecule has 1 amide bonds. The average molecular weight is 353 g/mol. The van der Waals surface area contributed by atoms with Gasteiger partial charge in [0, 0.05) is 0 Å². The van der Waals surface area contributed by atoms with E-state index in [-0.39, 0.29) is 6.04 Å². The fraction of sp³-hybridized carbons (Fsp3) is 0.556. The third-order valence-corrected chi connectivity index (χ3v) is 4.14. The van der Waals surface area contributed by atoms with Gasteiger partial charge in [-0.25, -0.2) is 9.78 Å². The minimum absolute atomic E-state index is 0.154. The number of hydrogen-bond acceptors (Lipinski definition) is 5. The number of nitrogens with one attached hydrogen (secondary N) is 1. The standard InChI is InChI=1S/C16H22N2O3S.C2H6/c1-6-11(18-15(19)21-16(2,3)4)14-17-12-8-7-10(20-5)9-13(12)22-14;1-2/h7-9,11H,6H2,1-5H3,(H,18,19);1-2H3. The van der Waals surface area contributed by atoms with Gasteiger partial charge in [0.05, 0.1) is 23.4 Å². The molecule has 1 unspecified atom stereocenters. The van der Waals surface area contributed by atoms with Crippen molar-refractivity contribution in [3.05, 3.63) is 23.2 Å². The van der Waals surface area contributed by atoms with Crippen LogP contribution in [0.4, 0.5) is 4.79 Å². The van der Waals surface area contributed by atoms with Crippen molar-refractivity contribution in [1.29, 1.82) is 0 Å². The Balaban J connectivity index is 0.00000139. The highest BCUT2D eigenvalue weighted by atomic mass is 32.1. The molecule has 0 radical (unpaired) electrons. The highest BCUT2D eigenvalue weighted by molar-refractivity contribution is 7.18. The van der Waals surface area contributed by atoms with E-state index in [1.165, 1.54) is 0 Å². The number of carbonyl (C=O) groups is 1. The molecule has 0 aliphatic heterocycles. The van der Waals surface area contributed by atoms with Crippen LogP contribution in [-0.4, -0.2) is 23.8 Å². The van der Waals surface area contributed by atoms with Crippen LogP contribution in [0.3, 0.4) is 0 Å². The zero-order valence-corrected chi connectivity index (χ0v) is 16.4. The van der Waals surface area contributed by atoms with Crippen LogP contribution >= 0.6 is 11.3 Å². The number of thiazole rings is 1. The lowest BCUT2D eigenvalue weighted by atomic mass is 10.2. The van der Waals surface area contributed by atoms with Gasteiger partial charge in [0.25, 0.3) is 0 Å². The lowest BCUT2D eigenvalue weighted by Gasteiger charge is -2.22. The molecule has 6 heteroatoms. The monoisotopic (exact) mass is 352 g/mol. The topological polar surface area (TPSA) is 60.5 Å². The predicted molar refractivity (Wildman–Crippen MR) is 99.9 cm³/mol. The summed E-state index contributed by atoms with van der Waals surface area (Å²) in [6.07, 6.45) is 0.326. The zero-order valence-electron chi connectivity index (χ0n) is 15.6. The number of fused-ring (bicyclic) bond motifs is 1. The minimum Gasteiger partial charge on any atom is -0.497 e. The van der Waals surface area contributed by atoms with Gasteiger partial charge in [0.15, 0.2) is 0 Å². The summed E-state index contributed by atoms with van der Waals surface area (Å²) in [5, 5.41) is 3.76. The van der Waals surface area contributed by atoms with Gasteiger partial charge < -0.3 is 14.8 Å². The summed E-state index contributed by atoms with van der Waals surface area (Å²) in [6, 6.07) is 5.61. The van der Waals surface area contributed by atoms with Crippen molar-refractivity contribution in [2.75, 3.05) is 7.11 Å². The second-order valence-corrected chi connectivity index (χ2v) is 7.06. The lowest BCUT2D eigenvalue weighted by molar-refractivity contribution is 0.0502. The Hall–Kier alpha value is -1.82. The van der Waals surface area contributed by atoms with Gasteiger partial charge in [-0.05, 0) is 45.4 Å². The molecule has 5 nitrogen and oxygen atoms in total. The first-order valence-electron chi connectivity index (χ1n) is 8.26. The second-order valence-electron chi connectivity index (χ2n) is 5.99. The number of hydrogen-bond donors (Lipinski definition) is 1. The first kappa shape index (κ1) is 20.2. The molecule has 0 saturated heterocycles. The van der Waals surface area contributed by atoms with E-state index in [9.17, 15) is 4.79 Å². The molecule has 0 aliphatic rings. The lowest BCUT2D eigenvalue weighted by Crippen LogP contribution is -2.34. The van der Waals surface area contributed by atoms with Gasteiger partial charge in [-0.3, -0.25) is 0 Å². The van der Waals surface area contributed by atoms with Crippen LogP contribution < -0.4 is 10.1 Å². The fourth-order valence-electron chi connectivity index (χ4n) is 1.99. The number of nitrogens with zero attached hydrogens (tertiary/aromatic N) is 1. The number of methoxy groups -OCH3 is 1. The molecule has 1 aromatic heterocycles. The fourth-order valence-corrected chi connectivity index (χ4v) is 3.12. The van der Waals surface area contributed by atoms with Gasteiger partial charge in [-0.1, -0.05) is 20.8 Å². The number of carbonyl (C=O) groups excluding carboxylic acids is 1. The number of amides is 1. The molecular weight excluding hydrogens is 324 g/mol. The predicted octanol–water partition coefficient (Wildman–Crippen LogP) is 5.31. The third-order valence-electron chi connectivity index (χ3n) is 3.01. The smallest absolute Gasteiger partial charge is 0.408 e. The average Bonchev–Trinajstić information content (AvgIpc) is 2.95. The Labute approximate surface area is 148 Å². The molecule has 2 aromatic rings. The van der Waals surface area contributed by atoms with E-state index >= 15 is 0 Å². The van der Waals surface area contributed by atoms with Gasteiger partial charge >= 0.3 is 6.09 Å². The summed E-state index contributed by atoms with van der Waals surface area (Å²) in [5.41, 5.74) is 0.397. The van der Waals surface area contributed by atoms with Crippen LogP contribution in [0.5, 0.6) is 5.75 Å². The molecule has 1 atom stereocenters. The molecular formula is C18H28N2O3S. The molecule has 24 heavy (non-hydrogen) atoms. The Kier molecular flexibility index (Phi) is 7.48. The van der Waals surface area contributed by atoms with Crippen LogP contribution in [0.2, 0.25) is 0 Å². The van der Waals surface area contributed by atoms with Gasteiger partial charge in [-0.2, -0.15) is 0 Å². The Morgan fingerprint density at radius 2 is 2.00 bits per heavy atom. The summed E-state index contributed by atoms with van der Waals surface area (Å²) in [5.74, 6) is 0.802. The summed E-state index contributed by atoms with van der Waals surface area (Å²) < 4.78 is 11.6. The van der Waals surface area contributed by atoms with E-state index in [2.05, 4.69) is 10.3 Å². The van der Waals surface area contributed by atoms with Gasteiger partial charge in [0.2, 0.25) is 0 Å². The molecule has 134 valence electrons. The summed E-state index contributed by atoms with van der Waals surface area (Å²) >= 11 is 1.56. The maximum Gasteiger partial charge on any atom is 0.408 e. The number of ether oxygens (including phenoxy) is 2. The molecule has 0 fully saturated rings. The van der Waals surface area contributed by atoms with Crippen molar-refractivity contribution < 1.29 is 14.3 Å². The van der Waals surface area contributed by atoms with Gasteiger partial charge in [-0.15, -0.1) is 11.3 Å². The summed E-state index contributed by atoms with van der Waals surface area (Å²) in [7, 11) is 1.64. The van der Waals surface area contributed by atoms with Crippen molar-refractivity contribution in [1.82, 2.24) is 10.3 Å². The maximum absolute atomic E-state index is 11.9. The molecule has 1 aromatic carbocycles. The van der Waals surface area contributed by atoms with Crippen molar-refractivity contribution in [3.8, 4) is 5.75 Å². The van der Waals surface area contributed by atoms with E-state index in [1.54, 1.807) is 18.4 Å². The molecule has 1 heterocycles. The summed E-state index contributed by atoms with van der Waals surface area (Å²) in [6.45, 7) is 11.5. The highest BCUT2D eigenvalue weighted by Crippen LogP contribution is 2.30. The largest absolute Gasteiger partial charge is 0.497 e. The Morgan fingerprint density at radius 3 is 2.54 bits per heavy atom. The quantitative estimate of drug-likeness (QED) is 0.810. The molecule has 2 rings (SSSR count). The number of alkyl carbamates (subject to hydrolysis) is 1. The molecule has 0 bridgehead atoms. The zero-order chi connectivity index (χ0) is 18.3. The molecule has 0 spiro atoms. The van der Waals surface area contributed by atoms with E-state index in [0.717, 1.165) is 27.4 Å². The van der Waals surface area contributed by atoms with Gasteiger partial charge in [0.1, 0.15) is 16.4 Å². The first-order valence-corrected chi connectivity index (χ1v) is 9.08. The van der Waals surface area contributed by atoms with Crippen LogP contribution in [0.25, 0.3) is 10.2 Å². The molecule has 1 N–H and O–H groups in total. The van der Waals surface area contributed by atoms with Crippen molar-refractivity contribution in [3.63, 3.8) is 0 Å². The number of benzene rings is 1. The number of aromatic nitrogens is 1. The van der Waals surface area contributed by atoms with E-state index < -0.39 is 11.7 Å². The minimum atomic E-state index is -0.511. The maximum atomic E-state index is 11.9. The van der Waals surface area contributed by atoms with Crippen molar-refractivity contribution >= 4 is 27.6 Å². The Morgan fingerprint density at radius 1 is 1.33 bits per heavy atom.